The molecule has 0 aromatic heterocycles. The van der Waals surface area contributed by atoms with E-state index in [2.05, 4.69) is 5.32 Å². The molecule has 12 heteroatoms. The van der Waals surface area contributed by atoms with Gasteiger partial charge in [0.15, 0.2) is 11.5 Å². The third kappa shape index (κ3) is 5.99. The molecule has 1 heterocycles. The Labute approximate surface area is 227 Å². The number of amides is 4. The predicted molar refractivity (Wildman–Crippen MR) is 142 cm³/mol. The van der Waals surface area contributed by atoms with Crippen LogP contribution in [0.15, 0.2) is 66.2 Å². The van der Waals surface area contributed by atoms with Crippen LogP contribution in [-0.4, -0.2) is 36.5 Å². The van der Waals surface area contributed by atoms with Crippen LogP contribution in [0.3, 0.4) is 0 Å². The number of hydrogen-bond donors (Lipinski definition) is 1. The van der Waals surface area contributed by atoms with Crippen molar-refractivity contribution in [3.05, 3.63) is 92.5 Å². The van der Waals surface area contributed by atoms with Crippen LogP contribution in [0.4, 0.5) is 16.2 Å². The quantitative estimate of drug-likeness (QED) is 0.171. The zero-order valence-electron chi connectivity index (χ0n) is 20.8. The normalized spacial score (nSPS) is 14.3. The van der Waals surface area contributed by atoms with Crippen molar-refractivity contribution in [1.29, 1.82) is 0 Å². The van der Waals surface area contributed by atoms with E-state index in [4.69, 9.17) is 25.8 Å². The molecule has 200 valence electrons. The molecule has 11 nitrogen and oxygen atoms in total. The van der Waals surface area contributed by atoms with Crippen LogP contribution < -0.4 is 24.4 Å². The van der Waals surface area contributed by atoms with Crippen LogP contribution in [0.2, 0.25) is 5.02 Å². The van der Waals surface area contributed by atoms with Crippen molar-refractivity contribution in [1.82, 2.24) is 5.32 Å². The highest BCUT2D eigenvalue weighted by Crippen LogP contribution is 2.38. The third-order valence-corrected chi connectivity index (χ3v) is 5.86. The number of non-ortho nitro benzene ring substituents is 1. The van der Waals surface area contributed by atoms with Crippen LogP contribution in [-0.2, 0) is 16.2 Å². The number of nitro groups is 1. The largest absolute Gasteiger partial charge is 0.494 e. The van der Waals surface area contributed by atoms with E-state index in [-0.39, 0.29) is 40.1 Å². The number of methoxy groups -OCH3 is 1. The first-order valence-electron chi connectivity index (χ1n) is 11.6. The van der Waals surface area contributed by atoms with Gasteiger partial charge < -0.3 is 14.2 Å². The van der Waals surface area contributed by atoms with Crippen molar-refractivity contribution in [3.8, 4) is 17.2 Å². The number of halogens is 1. The second kappa shape index (κ2) is 11.7. The molecule has 0 saturated carbocycles. The number of urea groups is 1. The number of nitrogens with one attached hydrogen (secondary N) is 1. The Morgan fingerprint density at radius 3 is 2.46 bits per heavy atom. The third-order valence-electron chi connectivity index (χ3n) is 5.57. The SMILES string of the molecule is CCOc1ccc(N2C(=O)NC(=O)/C(=C\c3cc(Cl)c(OCc4cccc([N+](=O)[O-])c4)c(OC)c3)C2=O)cc1. The maximum absolute atomic E-state index is 13.2. The van der Waals surface area contributed by atoms with E-state index in [9.17, 15) is 24.5 Å². The molecular weight excluding hydrogens is 530 g/mol. The summed E-state index contributed by atoms with van der Waals surface area (Å²) in [6.07, 6.45) is 1.28. The smallest absolute Gasteiger partial charge is 0.335 e. The van der Waals surface area contributed by atoms with Crippen LogP contribution >= 0.6 is 11.6 Å². The summed E-state index contributed by atoms with van der Waals surface area (Å²) in [6, 6.07) is 14.3. The van der Waals surface area contributed by atoms with E-state index in [0.717, 1.165) is 4.90 Å². The minimum atomic E-state index is -0.883. The summed E-state index contributed by atoms with van der Waals surface area (Å²) in [5.41, 5.74) is 0.743. The van der Waals surface area contributed by atoms with Gasteiger partial charge in [-0.05, 0) is 60.5 Å². The van der Waals surface area contributed by atoms with Crippen LogP contribution in [0.5, 0.6) is 17.2 Å². The number of hydrogen-bond acceptors (Lipinski definition) is 8. The Bertz CT molecular complexity index is 1490. The first-order chi connectivity index (χ1) is 18.7. The number of carbonyl (C=O) groups is 3. The minimum Gasteiger partial charge on any atom is -0.494 e. The fourth-order valence-electron chi connectivity index (χ4n) is 3.80. The molecule has 4 amide bonds. The standard InChI is InChI=1S/C27H22ClN3O8/c1-3-38-20-9-7-18(8-10-20)30-26(33)21(25(32)29-27(30)34)12-17-13-22(28)24(23(14-17)37-2)39-15-16-5-4-6-19(11-16)31(35)36/h4-14H,3,15H2,1-2H3,(H,29,32,34)/b21-12+. The van der Waals surface area contributed by atoms with E-state index >= 15 is 0 Å². The number of imide groups is 2. The average Bonchev–Trinajstić information content (AvgIpc) is 2.91. The first kappa shape index (κ1) is 27.1. The predicted octanol–water partition coefficient (Wildman–Crippen LogP) is 4.90. The maximum atomic E-state index is 13.2. The molecule has 39 heavy (non-hydrogen) atoms. The molecule has 1 fully saturated rings. The van der Waals surface area contributed by atoms with E-state index in [1.807, 2.05) is 6.92 Å². The summed E-state index contributed by atoms with van der Waals surface area (Å²) in [4.78, 5) is 49.6. The number of carbonyl (C=O) groups excluding carboxylic acids is 3. The van der Waals surface area contributed by atoms with Gasteiger partial charge in [-0.3, -0.25) is 25.0 Å². The Balaban J connectivity index is 1.60. The highest BCUT2D eigenvalue weighted by Gasteiger charge is 2.37. The Morgan fingerprint density at radius 2 is 1.79 bits per heavy atom. The van der Waals surface area contributed by atoms with Gasteiger partial charge >= 0.3 is 6.03 Å². The monoisotopic (exact) mass is 551 g/mol. The lowest BCUT2D eigenvalue weighted by Crippen LogP contribution is -2.54. The molecule has 4 rings (SSSR count). The van der Waals surface area contributed by atoms with E-state index in [0.29, 0.717) is 23.5 Å². The molecule has 1 saturated heterocycles. The zero-order valence-corrected chi connectivity index (χ0v) is 21.6. The summed E-state index contributed by atoms with van der Waals surface area (Å²) in [6.45, 7) is 2.25. The molecule has 1 aliphatic rings. The summed E-state index contributed by atoms with van der Waals surface area (Å²) in [5, 5.41) is 13.3. The molecule has 0 spiro atoms. The highest BCUT2D eigenvalue weighted by molar-refractivity contribution is 6.39. The minimum absolute atomic E-state index is 0.0295. The van der Waals surface area contributed by atoms with E-state index < -0.39 is 22.8 Å². The molecule has 1 N–H and O–H groups in total. The second-order valence-corrected chi connectivity index (χ2v) is 8.54. The average molecular weight is 552 g/mol. The van der Waals surface area contributed by atoms with Crippen molar-refractivity contribution in [3.63, 3.8) is 0 Å². The van der Waals surface area contributed by atoms with Crippen LogP contribution in [0.1, 0.15) is 18.1 Å². The Kier molecular flexibility index (Phi) is 8.11. The summed E-state index contributed by atoms with van der Waals surface area (Å²) in [7, 11) is 1.38. The molecule has 3 aromatic carbocycles. The number of nitro benzene ring substituents is 1. The Morgan fingerprint density at radius 1 is 1.05 bits per heavy atom. The second-order valence-electron chi connectivity index (χ2n) is 8.13. The maximum Gasteiger partial charge on any atom is 0.335 e. The van der Waals surface area contributed by atoms with Gasteiger partial charge in [-0.15, -0.1) is 0 Å². The Hall–Kier alpha value is -4.90. The molecule has 1 aliphatic heterocycles. The number of anilines is 1. The molecule has 3 aromatic rings. The molecular formula is C27H22ClN3O8. The van der Waals surface area contributed by atoms with Crippen molar-refractivity contribution in [2.45, 2.75) is 13.5 Å². The first-order valence-corrected chi connectivity index (χ1v) is 12.0. The molecule has 0 aliphatic carbocycles. The van der Waals surface area contributed by atoms with Crippen LogP contribution in [0.25, 0.3) is 6.08 Å². The van der Waals surface area contributed by atoms with Crippen molar-refractivity contribution < 1.29 is 33.5 Å². The lowest BCUT2D eigenvalue weighted by atomic mass is 10.1. The van der Waals surface area contributed by atoms with Crippen molar-refractivity contribution >= 4 is 46.9 Å². The highest BCUT2D eigenvalue weighted by atomic mass is 35.5. The van der Waals surface area contributed by atoms with Gasteiger partial charge in [0.2, 0.25) is 0 Å². The lowest BCUT2D eigenvalue weighted by molar-refractivity contribution is -0.384. The van der Waals surface area contributed by atoms with Gasteiger partial charge in [-0.2, -0.15) is 0 Å². The lowest BCUT2D eigenvalue weighted by Gasteiger charge is -2.26. The molecule has 0 bridgehead atoms. The fourth-order valence-corrected chi connectivity index (χ4v) is 4.07. The van der Waals surface area contributed by atoms with Gasteiger partial charge in [0, 0.05) is 12.1 Å². The van der Waals surface area contributed by atoms with Gasteiger partial charge in [-0.1, -0.05) is 23.7 Å². The van der Waals surface area contributed by atoms with Gasteiger partial charge in [0.1, 0.15) is 17.9 Å². The zero-order chi connectivity index (χ0) is 28.1. The van der Waals surface area contributed by atoms with Gasteiger partial charge in [-0.25, -0.2) is 9.69 Å². The van der Waals surface area contributed by atoms with Crippen LogP contribution in [0, 0.1) is 10.1 Å². The number of ether oxygens (including phenoxy) is 3. The van der Waals surface area contributed by atoms with E-state index in [1.54, 1.807) is 24.3 Å². The fraction of sp³-hybridized carbons (Fsp3) is 0.148. The van der Waals surface area contributed by atoms with Crippen molar-refractivity contribution in [2.75, 3.05) is 18.6 Å². The van der Waals surface area contributed by atoms with E-state index in [1.165, 1.54) is 49.6 Å². The number of nitrogens with zero attached hydrogens (tertiary/aromatic N) is 2. The topological polar surface area (TPSA) is 137 Å². The summed E-state index contributed by atoms with van der Waals surface area (Å²) in [5.74, 6) is -0.768. The van der Waals surface area contributed by atoms with Gasteiger partial charge in [0.05, 0.1) is 29.4 Å². The molecule has 0 atom stereocenters. The number of benzene rings is 3. The molecule has 0 radical (unpaired) electrons. The van der Waals surface area contributed by atoms with Gasteiger partial charge in [0.25, 0.3) is 17.5 Å². The summed E-state index contributed by atoms with van der Waals surface area (Å²) >= 11 is 6.44. The number of barbiturate groups is 1. The van der Waals surface area contributed by atoms with Crippen molar-refractivity contribution in [2.24, 2.45) is 0 Å². The summed E-state index contributed by atoms with van der Waals surface area (Å²) < 4.78 is 16.6. The molecule has 0 unspecified atom stereocenters. The number of rotatable bonds is 9.